The standard InChI is InChI=1S/C22H25N5O2/c1-2-27-20-18(9-6-12-23-20)25-19(22(27)29)21(28)24-17-10-13-26(14-11-17)15-16-7-4-3-5-8-16/h3-9,12,17H,2,10-11,13-15H2,1H3,(H,24,28). The predicted molar refractivity (Wildman–Crippen MR) is 112 cm³/mol. The summed E-state index contributed by atoms with van der Waals surface area (Å²) in [7, 11) is 0. The molecule has 1 fully saturated rings. The van der Waals surface area contributed by atoms with E-state index in [0.29, 0.717) is 17.7 Å². The van der Waals surface area contributed by atoms with E-state index in [1.54, 1.807) is 18.3 Å². The average molecular weight is 391 g/mol. The van der Waals surface area contributed by atoms with Crippen molar-refractivity contribution in [2.24, 2.45) is 0 Å². The van der Waals surface area contributed by atoms with Crippen molar-refractivity contribution in [3.63, 3.8) is 0 Å². The van der Waals surface area contributed by atoms with Gasteiger partial charge in [-0.2, -0.15) is 0 Å². The molecule has 3 aromatic rings. The molecule has 1 amide bonds. The number of pyridine rings is 1. The van der Waals surface area contributed by atoms with Gasteiger partial charge in [-0.1, -0.05) is 30.3 Å². The fourth-order valence-electron chi connectivity index (χ4n) is 3.85. The molecule has 0 radical (unpaired) electrons. The van der Waals surface area contributed by atoms with Crippen LogP contribution in [-0.2, 0) is 13.1 Å². The van der Waals surface area contributed by atoms with E-state index in [0.717, 1.165) is 32.5 Å². The van der Waals surface area contributed by atoms with Crippen LogP contribution in [0.3, 0.4) is 0 Å². The first kappa shape index (κ1) is 19.3. The van der Waals surface area contributed by atoms with Gasteiger partial charge in [-0.15, -0.1) is 0 Å². The lowest BCUT2D eigenvalue weighted by molar-refractivity contribution is 0.0902. The quantitative estimate of drug-likeness (QED) is 0.721. The van der Waals surface area contributed by atoms with Gasteiger partial charge >= 0.3 is 0 Å². The van der Waals surface area contributed by atoms with Crippen LogP contribution in [0.1, 0.15) is 35.8 Å². The monoisotopic (exact) mass is 391 g/mol. The van der Waals surface area contributed by atoms with Gasteiger partial charge in [0.15, 0.2) is 11.3 Å². The zero-order chi connectivity index (χ0) is 20.2. The molecule has 7 heteroatoms. The van der Waals surface area contributed by atoms with Crippen LogP contribution in [0.5, 0.6) is 0 Å². The first-order valence-electron chi connectivity index (χ1n) is 10.1. The first-order chi connectivity index (χ1) is 14.2. The molecule has 1 N–H and O–H groups in total. The number of nitrogens with zero attached hydrogens (tertiary/aromatic N) is 4. The Kier molecular flexibility index (Phi) is 5.67. The van der Waals surface area contributed by atoms with E-state index < -0.39 is 11.5 Å². The Morgan fingerprint density at radius 3 is 2.62 bits per heavy atom. The number of hydrogen-bond donors (Lipinski definition) is 1. The van der Waals surface area contributed by atoms with Crippen molar-refractivity contribution in [1.82, 2.24) is 24.8 Å². The van der Waals surface area contributed by atoms with Gasteiger partial charge < -0.3 is 5.32 Å². The van der Waals surface area contributed by atoms with E-state index >= 15 is 0 Å². The van der Waals surface area contributed by atoms with Gasteiger partial charge in [0.05, 0.1) is 0 Å². The zero-order valence-electron chi connectivity index (χ0n) is 16.5. The average Bonchev–Trinajstić information content (AvgIpc) is 2.75. The van der Waals surface area contributed by atoms with Crippen molar-refractivity contribution in [3.8, 4) is 0 Å². The van der Waals surface area contributed by atoms with Crippen LogP contribution < -0.4 is 10.9 Å². The van der Waals surface area contributed by atoms with Crippen LogP contribution in [-0.4, -0.2) is 44.5 Å². The van der Waals surface area contributed by atoms with Crippen LogP contribution in [0.15, 0.2) is 53.5 Å². The van der Waals surface area contributed by atoms with Crippen LogP contribution in [0, 0.1) is 0 Å². The Hall–Kier alpha value is -3.06. The largest absolute Gasteiger partial charge is 0.348 e. The van der Waals surface area contributed by atoms with Crippen molar-refractivity contribution < 1.29 is 4.79 Å². The molecule has 7 nitrogen and oxygen atoms in total. The van der Waals surface area contributed by atoms with Gasteiger partial charge in [-0.05, 0) is 37.5 Å². The molecular weight excluding hydrogens is 366 g/mol. The van der Waals surface area contributed by atoms with E-state index in [2.05, 4.69) is 44.5 Å². The van der Waals surface area contributed by atoms with E-state index in [1.165, 1.54) is 10.1 Å². The molecule has 0 atom stereocenters. The summed E-state index contributed by atoms with van der Waals surface area (Å²) in [6.45, 7) is 5.04. The summed E-state index contributed by atoms with van der Waals surface area (Å²) in [4.78, 5) is 36.5. The van der Waals surface area contributed by atoms with Gasteiger partial charge in [0.25, 0.3) is 11.5 Å². The fraction of sp³-hybridized carbons (Fsp3) is 0.364. The number of nitrogens with one attached hydrogen (secondary N) is 1. The Morgan fingerprint density at radius 2 is 1.90 bits per heavy atom. The molecule has 0 unspecified atom stereocenters. The maximum Gasteiger partial charge on any atom is 0.283 e. The molecule has 2 aromatic heterocycles. The molecule has 150 valence electrons. The summed E-state index contributed by atoms with van der Waals surface area (Å²) >= 11 is 0. The topological polar surface area (TPSA) is 80.1 Å². The number of hydrogen-bond acceptors (Lipinski definition) is 5. The van der Waals surface area contributed by atoms with Crippen molar-refractivity contribution >= 4 is 17.1 Å². The number of benzene rings is 1. The normalized spacial score (nSPS) is 15.5. The van der Waals surface area contributed by atoms with E-state index in [9.17, 15) is 9.59 Å². The Bertz CT molecular complexity index is 1060. The first-order valence-corrected chi connectivity index (χ1v) is 10.1. The fourth-order valence-corrected chi connectivity index (χ4v) is 3.85. The highest BCUT2D eigenvalue weighted by Crippen LogP contribution is 2.14. The van der Waals surface area contributed by atoms with Crippen LogP contribution in [0.25, 0.3) is 11.2 Å². The number of piperidine rings is 1. The number of rotatable bonds is 5. The molecule has 1 aromatic carbocycles. The summed E-state index contributed by atoms with van der Waals surface area (Å²) in [6.07, 6.45) is 3.34. The number of aryl methyl sites for hydroxylation is 1. The van der Waals surface area contributed by atoms with Crippen LogP contribution in [0.2, 0.25) is 0 Å². The number of amides is 1. The maximum atomic E-state index is 12.8. The van der Waals surface area contributed by atoms with Gasteiger partial charge in [-0.3, -0.25) is 19.1 Å². The smallest absolute Gasteiger partial charge is 0.283 e. The molecule has 3 heterocycles. The summed E-state index contributed by atoms with van der Waals surface area (Å²) in [5, 5.41) is 3.01. The SMILES string of the molecule is CCn1c(=O)c(C(=O)NC2CCN(Cc3ccccc3)CC2)nc2cccnc21. The molecule has 0 saturated carbocycles. The van der Waals surface area contributed by atoms with Crippen LogP contribution >= 0.6 is 0 Å². The van der Waals surface area contributed by atoms with Gasteiger partial charge in [0, 0.05) is 38.4 Å². The van der Waals surface area contributed by atoms with Crippen LogP contribution in [0.4, 0.5) is 0 Å². The minimum atomic E-state index is -0.399. The van der Waals surface area contributed by atoms with Gasteiger partial charge in [0.2, 0.25) is 0 Å². The molecule has 29 heavy (non-hydrogen) atoms. The lowest BCUT2D eigenvalue weighted by Gasteiger charge is -2.32. The number of aromatic nitrogens is 3. The zero-order valence-corrected chi connectivity index (χ0v) is 16.5. The molecule has 1 aliphatic rings. The Balaban J connectivity index is 1.43. The lowest BCUT2D eigenvalue weighted by Crippen LogP contribution is -2.46. The highest BCUT2D eigenvalue weighted by molar-refractivity contribution is 5.93. The number of carbonyl (C=O) groups excluding carboxylic acids is 1. The maximum absolute atomic E-state index is 12.8. The summed E-state index contributed by atoms with van der Waals surface area (Å²) in [5.41, 5.74) is 1.91. The molecular formula is C22H25N5O2. The number of fused-ring (bicyclic) bond motifs is 1. The third-order valence-corrected chi connectivity index (χ3v) is 5.40. The summed E-state index contributed by atoms with van der Waals surface area (Å²) in [6, 6.07) is 14.0. The van der Waals surface area contributed by atoms with Gasteiger partial charge in [-0.25, -0.2) is 9.97 Å². The summed E-state index contributed by atoms with van der Waals surface area (Å²) < 4.78 is 1.50. The second-order valence-electron chi connectivity index (χ2n) is 7.37. The second-order valence-corrected chi connectivity index (χ2v) is 7.37. The second kappa shape index (κ2) is 8.53. The molecule has 0 bridgehead atoms. The third kappa shape index (κ3) is 4.19. The Morgan fingerprint density at radius 1 is 1.14 bits per heavy atom. The van der Waals surface area contributed by atoms with E-state index in [-0.39, 0.29) is 11.7 Å². The summed E-state index contributed by atoms with van der Waals surface area (Å²) in [5.74, 6) is -0.399. The van der Waals surface area contributed by atoms with Crippen molar-refractivity contribution in [3.05, 3.63) is 70.3 Å². The molecule has 4 rings (SSSR count). The third-order valence-electron chi connectivity index (χ3n) is 5.40. The van der Waals surface area contributed by atoms with Gasteiger partial charge in [0.1, 0.15) is 5.52 Å². The molecule has 0 spiro atoms. The minimum absolute atomic E-state index is 0.0513. The van der Waals surface area contributed by atoms with E-state index in [1.807, 2.05) is 13.0 Å². The molecule has 1 aliphatic heterocycles. The predicted octanol–water partition coefficient (Wildman–Crippen LogP) is 2.21. The van der Waals surface area contributed by atoms with Crippen molar-refractivity contribution in [2.75, 3.05) is 13.1 Å². The molecule has 1 saturated heterocycles. The lowest BCUT2D eigenvalue weighted by atomic mass is 10.0. The highest BCUT2D eigenvalue weighted by atomic mass is 16.2. The number of carbonyl (C=O) groups is 1. The Labute approximate surface area is 169 Å². The number of likely N-dealkylation sites (tertiary alicyclic amines) is 1. The van der Waals surface area contributed by atoms with Crippen molar-refractivity contribution in [2.45, 2.75) is 38.9 Å². The van der Waals surface area contributed by atoms with Crippen molar-refractivity contribution in [1.29, 1.82) is 0 Å². The molecule has 0 aliphatic carbocycles. The highest BCUT2D eigenvalue weighted by Gasteiger charge is 2.24. The minimum Gasteiger partial charge on any atom is -0.348 e. The van der Waals surface area contributed by atoms with E-state index in [4.69, 9.17) is 0 Å².